The molecule has 0 amide bonds. The van der Waals surface area contributed by atoms with Crippen molar-refractivity contribution in [2.45, 2.75) is 19.5 Å². The molecule has 3 aromatic rings. The van der Waals surface area contributed by atoms with Crippen LogP contribution in [0.2, 0.25) is 5.02 Å². The van der Waals surface area contributed by atoms with E-state index in [-0.39, 0.29) is 11.6 Å². The molecule has 3 rings (SSSR count). The van der Waals surface area contributed by atoms with Crippen molar-refractivity contribution in [1.29, 1.82) is 0 Å². The maximum atomic E-state index is 12.2. The molecule has 25 heavy (non-hydrogen) atoms. The standard InChI is InChI=1S/C18H17BrClN3O2/c1-10(11-3-6-16(25-2)14(19)7-11)21-9-17-22-15-8-12(20)4-5-13(15)18(24)23-17/h3-8,10,21H,9H2,1-2H3,(H,22,23,24)/t10-/m1/s1. The van der Waals surface area contributed by atoms with Gasteiger partial charge in [0.1, 0.15) is 11.6 Å². The van der Waals surface area contributed by atoms with Crippen LogP contribution in [0, 0.1) is 0 Å². The van der Waals surface area contributed by atoms with Gasteiger partial charge in [0, 0.05) is 11.1 Å². The summed E-state index contributed by atoms with van der Waals surface area (Å²) in [5.41, 5.74) is 1.52. The van der Waals surface area contributed by atoms with E-state index in [0.717, 1.165) is 15.8 Å². The summed E-state index contributed by atoms with van der Waals surface area (Å²) in [5, 5.41) is 4.44. The number of rotatable bonds is 5. The molecular weight excluding hydrogens is 406 g/mol. The van der Waals surface area contributed by atoms with Crippen molar-refractivity contribution in [1.82, 2.24) is 15.3 Å². The average molecular weight is 423 g/mol. The van der Waals surface area contributed by atoms with Gasteiger partial charge in [-0.3, -0.25) is 4.79 Å². The zero-order chi connectivity index (χ0) is 18.0. The second-order valence-electron chi connectivity index (χ2n) is 5.67. The van der Waals surface area contributed by atoms with Crippen LogP contribution in [0.25, 0.3) is 10.9 Å². The fourth-order valence-electron chi connectivity index (χ4n) is 2.56. The molecule has 2 aromatic carbocycles. The minimum absolute atomic E-state index is 0.0718. The van der Waals surface area contributed by atoms with Crippen molar-refractivity contribution >= 4 is 38.4 Å². The number of nitrogens with one attached hydrogen (secondary N) is 2. The van der Waals surface area contributed by atoms with Crippen molar-refractivity contribution < 1.29 is 4.74 Å². The Morgan fingerprint density at radius 1 is 1.32 bits per heavy atom. The van der Waals surface area contributed by atoms with Gasteiger partial charge in [0.2, 0.25) is 0 Å². The van der Waals surface area contributed by atoms with E-state index in [1.807, 2.05) is 25.1 Å². The van der Waals surface area contributed by atoms with Gasteiger partial charge in [0.15, 0.2) is 0 Å². The number of methoxy groups -OCH3 is 1. The highest BCUT2D eigenvalue weighted by atomic mass is 79.9. The van der Waals surface area contributed by atoms with Gasteiger partial charge in [-0.1, -0.05) is 17.7 Å². The molecule has 0 aliphatic heterocycles. The average Bonchev–Trinajstić information content (AvgIpc) is 2.59. The zero-order valence-electron chi connectivity index (χ0n) is 13.8. The Balaban J connectivity index is 1.78. The van der Waals surface area contributed by atoms with Crippen molar-refractivity contribution in [3.63, 3.8) is 0 Å². The molecule has 1 atom stereocenters. The van der Waals surface area contributed by atoms with E-state index >= 15 is 0 Å². The largest absolute Gasteiger partial charge is 0.496 e. The smallest absolute Gasteiger partial charge is 0.258 e. The number of nitrogens with zero attached hydrogens (tertiary/aromatic N) is 1. The SMILES string of the molecule is COc1ccc([C@@H](C)NCc2nc3cc(Cl)ccc3c(=O)[nH]2)cc1Br. The summed E-state index contributed by atoms with van der Waals surface area (Å²) >= 11 is 9.48. The molecule has 0 saturated carbocycles. The molecule has 0 aliphatic rings. The summed E-state index contributed by atoms with van der Waals surface area (Å²) in [5.74, 6) is 1.35. The predicted octanol–water partition coefficient (Wildman–Crippen LogP) is 4.20. The minimum atomic E-state index is -0.168. The summed E-state index contributed by atoms with van der Waals surface area (Å²) in [7, 11) is 1.63. The third-order valence-corrected chi connectivity index (χ3v) is 4.82. The molecule has 1 heterocycles. The lowest BCUT2D eigenvalue weighted by Gasteiger charge is -2.15. The van der Waals surface area contributed by atoms with E-state index < -0.39 is 0 Å². The molecular formula is C18H17BrClN3O2. The summed E-state index contributed by atoms with van der Waals surface area (Å²) in [6.07, 6.45) is 0. The number of hydrogen-bond acceptors (Lipinski definition) is 4. The molecule has 0 unspecified atom stereocenters. The molecule has 0 aliphatic carbocycles. The summed E-state index contributed by atoms with van der Waals surface area (Å²) < 4.78 is 6.14. The first-order valence-corrected chi connectivity index (χ1v) is 8.90. The number of fused-ring (bicyclic) bond motifs is 1. The fraction of sp³-hybridized carbons (Fsp3) is 0.222. The Labute approximate surface area is 158 Å². The van der Waals surface area contributed by atoms with Crippen molar-refractivity contribution in [2.75, 3.05) is 7.11 Å². The Hall–Kier alpha value is -1.89. The monoisotopic (exact) mass is 421 g/mol. The summed E-state index contributed by atoms with van der Waals surface area (Å²) in [6.45, 7) is 2.48. The Morgan fingerprint density at radius 2 is 2.12 bits per heavy atom. The maximum Gasteiger partial charge on any atom is 0.258 e. The van der Waals surface area contributed by atoms with Crippen molar-refractivity contribution in [2.24, 2.45) is 0 Å². The lowest BCUT2D eigenvalue weighted by atomic mass is 10.1. The van der Waals surface area contributed by atoms with Gasteiger partial charge < -0.3 is 15.0 Å². The van der Waals surface area contributed by atoms with E-state index in [0.29, 0.717) is 28.3 Å². The highest BCUT2D eigenvalue weighted by molar-refractivity contribution is 9.10. The molecule has 2 N–H and O–H groups in total. The third-order valence-electron chi connectivity index (χ3n) is 3.97. The topological polar surface area (TPSA) is 67.0 Å². The number of ether oxygens (including phenoxy) is 1. The lowest BCUT2D eigenvalue weighted by molar-refractivity contribution is 0.411. The van der Waals surface area contributed by atoms with Crippen LogP contribution in [0.1, 0.15) is 24.4 Å². The third kappa shape index (κ3) is 4.03. The first-order valence-electron chi connectivity index (χ1n) is 7.73. The molecule has 1 aromatic heterocycles. The van der Waals surface area contributed by atoms with Crippen LogP contribution in [0.15, 0.2) is 45.7 Å². The molecule has 0 spiro atoms. The van der Waals surface area contributed by atoms with Gasteiger partial charge in [-0.2, -0.15) is 0 Å². The highest BCUT2D eigenvalue weighted by Gasteiger charge is 2.10. The first kappa shape index (κ1) is 17.9. The van der Waals surface area contributed by atoms with E-state index in [1.54, 1.807) is 25.3 Å². The van der Waals surface area contributed by atoms with Crippen LogP contribution in [-0.2, 0) is 6.54 Å². The maximum absolute atomic E-state index is 12.2. The molecule has 7 heteroatoms. The van der Waals surface area contributed by atoms with E-state index in [4.69, 9.17) is 16.3 Å². The van der Waals surface area contributed by atoms with Crippen LogP contribution >= 0.6 is 27.5 Å². The number of hydrogen-bond donors (Lipinski definition) is 2. The first-order chi connectivity index (χ1) is 12.0. The van der Waals surface area contributed by atoms with Gasteiger partial charge in [-0.15, -0.1) is 0 Å². The Bertz CT molecular complexity index is 974. The fourth-order valence-corrected chi connectivity index (χ4v) is 3.29. The number of halogens is 2. The second kappa shape index (κ2) is 7.56. The van der Waals surface area contributed by atoms with Crippen molar-refractivity contribution in [3.8, 4) is 5.75 Å². The quantitative estimate of drug-likeness (QED) is 0.647. The summed E-state index contributed by atoms with van der Waals surface area (Å²) in [6, 6.07) is 11.0. The highest BCUT2D eigenvalue weighted by Crippen LogP contribution is 2.28. The zero-order valence-corrected chi connectivity index (χ0v) is 16.1. The number of H-pyrrole nitrogens is 1. The van der Waals surface area contributed by atoms with Crippen LogP contribution in [0.4, 0.5) is 0 Å². The number of aromatic nitrogens is 2. The van der Waals surface area contributed by atoms with Gasteiger partial charge >= 0.3 is 0 Å². The van der Waals surface area contributed by atoms with Gasteiger partial charge in [-0.25, -0.2) is 4.98 Å². The van der Waals surface area contributed by atoms with Crippen LogP contribution in [0.5, 0.6) is 5.75 Å². The summed E-state index contributed by atoms with van der Waals surface area (Å²) in [4.78, 5) is 19.4. The van der Waals surface area contributed by atoms with Gasteiger partial charge in [0.05, 0.1) is 29.0 Å². The Morgan fingerprint density at radius 3 is 2.84 bits per heavy atom. The van der Waals surface area contributed by atoms with E-state index in [1.165, 1.54) is 0 Å². The van der Waals surface area contributed by atoms with Crippen molar-refractivity contribution in [3.05, 3.63) is 67.6 Å². The number of aromatic amines is 1. The Kier molecular flexibility index (Phi) is 5.42. The van der Waals surface area contributed by atoms with Gasteiger partial charge in [0.25, 0.3) is 5.56 Å². The van der Waals surface area contributed by atoms with Crippen LogP contribution in [0.3, 0.4) is 0 Å². The normalized spacial score (nSPS) is 12.3. The molecule has 0 saturated heterocycles. The molecule has 0 fully saturated rings. The second-order valence-corrected chi connectivity index (χ2v) is 6.96. The molecule has 5 nitrogen and oxygen atoms in total. The number of benzene rings is 2. The molecule has 130 valence electrons. The van der Waals surface area contributed by atoms with E-state index in [9.17, 15) is 4.79 Å². The predicted molar refractivity (Wildman–Crippen MR) is 103 cm³/mol. The van der Waals surface area contributed by atoms with E-state index in [2.05, 4.69) is 31.2 Å². The van der Waals surface area contributed by atoms with Crippen LogP contribution in [-0.4, -0.2) is 17.1 Å². The lowest BCUT2D eigenvalue weighted by Crippen LogP contribution is -2.22. The van der Waals surface area contributed by atoms with Gasteiger partial charge in [-0.05, 0) is 58.7 Å². The van der Waals surface area contributed by atoms with Crippen LogP contribution < -0.4 is 15.6 Å². The minimum Gasteiger partial charge on any atom is -0.496 e. The molecule has 0 bridgehead atoms. The molecule has 0 radical (unpaired) electrons.